The normalized spacial score (nSPS) is 23.4. The molecule has 0 radical (unpaired) electrons. The van der Waals surface area contributed by atoms with Crippen LogP contribution in [0.4, 0.5) is 5.69 Å². The molecule has 2 saturated heterocycles. The number of carbonyl (C=O) groups is 2. The van der Waals surface area contributed by atoms with E-state index >= 15 is 0 Å². The van der Waals surface area contributed by atoms with E-state index in [1.165, 1.54) is 0 Å². The Labute approximate surface area is 133 Å². The van der Waals surface area contributed by atoms with Gasteiger partial charge in [0.1, 0.15) is 5.69 Å². The van der Waals surface area contributed by atoms with Gasteiger partial charge in [-0.1, -0.05) is 0 Å². The zero-order valence-electron chi connectivity index (χ0n) is 12.8. The summed E-state index contributed by atoms with van der Waals surface area (Å²) < 4.78 is 1.57. The summed E-state index contributed by atoms with van der Waals surface area (Å²) in [5.74, 6) is 0.0932. The summed E-state index contributed by atoms with van der Waals surface area (Å²) in [5, 5.41) is 4.04. The van der Waals surface area contributed by atoms with Crippen LogP contribution in [0.25, 0.3) is 0 Å². The van der Waals surface area contributed by atoms with E-state index in [1.807, 2.05) is 12.1 Å². The van der Waals surface area contributed by atoms with Crippen molar-refractivity contribution in [1.29, 1.82) is 0 Å². The average Bonchev–Trinajstić information content (AvgIpc) is 3.24. The molecule has 4 rings (SSSR count). The molecule has 2 fully saturated rings. The fourth-order valence-electron chi connectivity index (χ4n) is 3.52. The number of aryl methyl sites for hydroxylation is 1. The highest BCUT2D eigenvalue weighted by molar-refractivity contribution is 5.99. The van der Waals surface area contributed by atoms with Crippen molar-refractivity contribution >= 4 is 17.5 Å². The number of rotatable bonds is 2. The Balaban J connectivity index is 1.50. The van der Waals surface area contributed by atoms with Gasteiger partial charge >= 0.3 is 0 Å². The van der Waals surface area contributed by atoms with Crippen LogP contribution in [-0.2, 0) is 11.8 Å². The second kappa shape index (κ2) is 5.19. The number of likely N-dealkylation sites (tertiary alicyclic amines) is 1. The van der Waals surface area contributed by atoms with Gasteiger partial charge in [-0.05, 0) is 18.2 Å². The Morgan fingerprint density at radius 3 is 2.74 bits per heavy atom. The third-order valence-corrected chi connectivity index (χ3v) is 4.73. The number of hydrogen-bond acceptors (Lipinski definition) is 4. The molecule has 118 valence electrons. The summed E-state index contributed by atoms with van der Waals surface area (Å²) >= 11 is 0. The second-order valence-electron chi connectivity index (χ2n) is 6.08. The lowest BCUT2D eigenvalue weighted by Gasteiger charge is -2.21. The summed E-state index contributed by atoms with van der Waals surface area (Å²) in [6.45, 7) is 1.73. The maximum absolute atomic E-state index is 12.7. The molecular weight excluding hydrogens is 294 g/mol. The largest absolute Gasteiger partial charge is 0.336 e. The minimum absolute atomic E-state index is 0.0554. The first kappa shape index (κ1) is 13.9. The summed E-state index contributed by atoms with van der Waals surface area (Å²) in [7, 11) is 1.75. The van der Waals surface area contributed by atoms with Crippen molar-refractivity contribution < 1.29 is 9.59 Å². The van der Waals surface area contributed by atoms with Crippen LogP contribution in [0.5, 0.6) is 0 Å². The fraction of sp³-hybridized carbons (Fsp3) is 0.375. The Bertz CT molecular complexity index is 757. The van der Waals surface area contributed by atoms with Gasteiger partial charge in [-0.15, -0.1) is 0 Å². The number of carbonyl (C=O) groups excluding carboxylic acids is 2. The van der Waals surface area contributed by atoms with Crippen LogP contribution < -0.4 is 4.90 Å². The third kappa shape index (κ3) is 2.19. The Morgan fingerprint density at radius 2 is 2.09 bits per heavy atom. The minimum Gasteiger partial charge on any atom is -0.336 e. The van der Waals surface area contributed by atoms with E-state index in [-0.39, 0.29) is 23.7 Å². The number of hydrogen-bond donors (Lipinski definition) is 0. The van der Waals surface area contributed by atoms with Crippen molar-refractivity contribution in [3.05, 3.63) is 42.5 Å². The van der Waals surface area contributed by atoms with Crippen molar-refractivity contribution in [3.63, 3.8) is 0 Å². The molecule has 7 heteroatoms. The zero-order valence-corrected chi connectivity index (χ0v) is 12.8. The highest BCUT2D eigenvalue weighted by Gasteiger charge is 2.48. The summed E-state index contributed by atoms with van der Waals surface area (Å²) in [6.07, 6.45) is 5.01. The maximum atomic E-state index is 12.7. The molecule has 2 aromatic heterocycles. The Hall–Kier alpha value is -2.70. The van der Waals surface area contributed by atoms with E-state index in [1.54, 1.807) is 46.2 Å². The molecule has 0 bridgehead atoms. The number of amides is 2. The average molecular weight is 311 g/mol. The molecule has 4 heterocycles. The van der Waals surface area contributed by atoms with Crippen LogP contribution in [0, 0.1) is 11.8 Å². The number of nitrogens with zero attached hydrogens (tertiary/aromatic N) is 5. The lowest BCUT2D eigenvalue weighted by atomic mass is 10.0. The van der Waals surface area contributed by atoms with Gasteiger partial charge in [0.25, 0.3) is 5.91 Å². The summed E-state index contributed by atoms with van der Waals surface area (Å²) in [6, 6.07) is 5.43. The predicted octanol–water partition coefficient (Wildman–Crippen LogP) is 0.550. The fourth-order valence-corrected chi connectivity index (χ4v) is 3.52. The number of anilines is 1. The lowest BCUT2D eigenvalue weighted by Crippen LogP contribution is -2.36. The molecule has 0 unspecified atom stereocenters. The van der Waals surface area contributed by atoms with E-state index in [4.69, 9.17) is 0 Å². The summed E-state index contributed by atoms with van der Waals surface area (Å²) in [5.41, 5.74) is 1.39. The second-order valence-corrected chi connectivity index (χ2v) is 6.08. The molecule has 2 aromatic rings. The van der Waals surface area contributed by atoms with Gasteiger partial charge in [-0.3, -0.25) is 19.3 Å². The van der Waals surface area contributed by atoms with Crippen LogP contribution in [0.15, 0.2) is 36.8 Å². The number of fused-ring (bicyclic) bond motifs is 1. The smallest absolute Gasteiger partial charge is 0.272 e. The molecular formula is C16H17N5O2. The van der Waals surface area contributed by atoms with Gasteiger partial charge in [0.05, 0.1) is 17.8 Å². The van der Waals surface area contributed by atoms with Gasteiger partial charge in [0.2, 0.25) is 5.91 Å². The van der Waals surface area contributed by atoms with Crippen molar-refractivity contribution in [2.75, 3.05) is 24.5 Å². The molecule has 0 aliphatic carbocycles. The zero-order chi connectivity index (χ0) is 16.0. The molecule has 7 nitrogen and oxygen atoms in total. The van der Waals surface area contributed by atoms with Gasteiger partial charge in [0, 0.05) is 45.0 Å². The lowest BCUT2D eigenvalue weighted by molar-refractivity contribution is -0.120. The number of pyridine rings is 1. The van der Waals surface area contributed by atoms with E-state index in [2.05, 4.69) is 10.1 Å². The van der Waals surface area contributed by atoms with E-state index in [0.717, 1.165) is 5.69 Å². The molecule has 0 saturated carbocycles. The van der Waals surface area contributed by atoms with Crippen molar-refractivity contribution in [1.82, 2.24) is 19.7 Å². The van der Waals surface area contributed by atoms with Crippen LogP contribution in [0.2, 0.25) is 0 Å². The molecule has 2 aliphatic heterocycles. The molecule has 2 amide bonds. The first-order chi connectivity index (χ1) is 11.1. The first-order valence-electron chi connectivity index (χ1n) is 7.64. The van der Waals surface area contributed by atoms with Crippen molar-refractivity contribution in [2.45, 2.75) is 0 Å². The molecule has 23 heavy (non-hydrogen) atoms. The Kier molecular flexibility index (Phi) is 3.14. The highest BCUT2D eigenvalue weighted by atomic mass is 16.2. The minimum atomic E-state index is -0.118. The molecule has 2 aliphatic rings. The maximum Gasteiger partial charge on any atom is 0.272 e. The SMILES string of the molecule is Cn1nccc1C(=O)N1C[C@@H]2CN(c3cccnc3)C(=O)[C@@H]2C1. The monoisotopic (exact) mass is 311 g/mol. The quantitative estimate of drug-likeness (QED) is 0.812. The Morgan fingerprint density at radius 1 is 1.22 bits per heavy atom. The van der Waals surface area contributed by atoms with Gasteiger partial charge in [0.15, 0.2) is 0 Å². The molecule has 0 N–H and O–H groups in total. The standard InChI is InChI=1S/C16H17N5O2/c1-19-14(4-6-18-19)16(23)20-8-11-9-21(15(22)13(11)10-20)12-3-2-5-17-7-12/h2-7,11,13H,8-10H2,1H3/t11-,13-/m1/s1. The van der Waals surface area contributed by atoms with E-state index in [9.17, 15) is 9.59 Å². The van der Waals surface area contributed by atoms with Crippen LogP contribution >= 0.6 is 0 Å². The van der Waals surface area contributed by atoms with Gasteiger partial charge < -0.3 is 9.80 Å². The van der Waals surface area contributed by atoms with E-state index < -0.39 is 0 Å². The third-order valence-electron chi connectivity index (χ3n) is 4.73. The molecule has 0 aromatic carbocycles. The van der Waals surface area contributed by atoms with Gasteiger partial charge in [-0.2, -0.15) is 5.10 Å². The first-order valence-corrected chi connectivity index (χ1v) is 7.64. The van der Waals surface area contributed by atoms with Crippen LogP contribution in [0.3, 0.4) is 0 Å². The summed E-state index contributed by atoms with van der Waals surface area (Å²) in [4.78, 5) is 32.8. The van der Waals surface area contributed by atoms with Gasteiger partial charge in [-0.25, -0.2) is 0 Å². The molecule has 0 spiro atoms. The van der Waals surface area contributed by atoms with Crippen molar-refractivity contribution in [3.8, 4) is 0 Å². The number of aromatic nitrogens is 3. The van der Waals surface area contributed by atoms with Crippen LogP contribution in [0.1, 0.15) is 10.5 Å². The van der Waals surface area contributed by atoms with Crippen LogP contribution in [-0.4, -0.2) is 51.1 Å². The van der Waals surface area contributed by atoms with E-state index in [0.29, 0.717) is 25.3 Å². The molecule has 2 atom stereocenters. The predicted molar refractivity (Wildman–Crippen MR) is 82.7 cm³/mol. The highest BCUT2D eigenvalue weighted by Crippen LogP contribution is 2.35. The topological polar surface area (TPSA) is 71.3 Å². The van der Waals surface area contributed by atoms with Crippen molar-refractivity contribution in [2.24, 2.45) is 18.9 Å².